The molecular weight excluding hydrogens is 219 g/mol. The predicted molar refractivity (Wildman–Crippen MR) is 64.4 cm³/mol. The van der Waals surface area contributed by atoms with Crippen LogP contribution in [0.1, 0.15) is 24.0 Å². The van der Waals surface area contributed by atoms with Gasteiger partial charge in [0.05, 0.1) is 0 Å². The summed E-state index contributed by atoms with van der Waals surface area (Å²) in [6, 6.07) is 4.87. The Morgan fingerprint density at radius 2 is 2.06 bits per heavy atom. The van der Waals surface area contributed by atoms with Gasteiger partial charge < -0.3 is 9.84 Å². The van der Waals surface area contributed by atoms with Gasteiger partial charge in [0.15, 0.2) is 0 Å². The van der Waals surface area contributed by atoms with Crippen molar-refractivity contribution in [2.75, 3.05) is 19.8 Å². The zero-order valence-corrected chi connectivity index (χ0v) is 10.2. The Balaban J connectivity index is 2.20. The molecule has 3 heteroatoms. The molecule has 1 aliphatic rings. The van der Waals surface area contributed by atoms with E-state index in [9.17, 15) is 9.50 Å². The number of hydrogen-bond acceptors (Lipinski definition) is 2. The van der Waals surface area contributed by atoms with Crippen molar-refractivity contribution in [1.82, 2.24) is 0 Å². The van der Waals surface area contributed by atoms with Gasteiger partial charge >= 0.3 is 0 Å². The highest BCUT2D eigenvalue weighted by atomic mass is 19.1. The fraction of sp³-hybridized carbons (Fsp3) is 0.571. The fourth-order valence-electron chi connectivity index (χ4n) is 2.43. The Morgan fingerprint density at radius 1 is 1.35 bits per heavy atom. The monoisotopic (exact) mass is 238 g/mol. The van der Waals surface area contributed by atoms with Gasteiger partial charge in [0.1, 0.15) is 5.82 Å². The largest absolute Gasteiger partial charge is 0.396 e. The predicted octanol–water partition coefficient (Wildman–Crippen LogP) is 2.47. The summed E-state index contributed by atoms with van der Waals surface area (Å²) in [6.45, 7) is 3.51. The van der Waals surface area contributed by atoms with Crippen LogP contribution in [0.15, 0.2) is 18.2 Å². The summed E-state index contributed by atoms with van der Waals surface area (Å²) in [5.74, 6) is -0.203. The molecule has 1 fully saturated rings. The summed E-state index contributed by atoms with van der Waals surface area (Å²) in [6.07, 6.45) is 2.43. The van der Waals surface area contributed by atoms with E-state index in [4.69, 9.17) is 4.74 Å². The summed E-state index contributed by atoms with van der Waals surface area (Å²) >= 11 is 0. The van der Waals surface area contributed by atoms with E-state index in [1.807, 2.05) is 6.92 Å². The summed E-state index contributed by atoms with van der Waals surface area (Å²) in [7, 11) is 0. The molecule has 94 valence electrons. The molecule has 1 heterocycles. The van der Waals surface area contributed by atoms with Crippen LogP contribution < -0.4 is 0 Å². The summed E-state index contributed by atoms with van der Waals surface area (Å²) in [4.78, 5) is 0. The number of aliphatic hydroxyl groups excluding tert-OH is 1. The smallest absolute Gasteiger partial charge is 0.123 e. The number of aryl methyl sites for hydroxylation is 1. The SMILES string of the molecule is Cc1ccc(F)cc1CC1(CO)CCOCC1. The molecule has 0 atom stereocenters. The Kier molecular flexibility index (Phi) is 3.79. The first-order valence-corrected chi connectivity index (χ1v) is 6.09. The molecule has 0 radical (unpaired) electrons. The van der Waals surface area contributed by atoms with Gasteiger partial charge in [-0.15, -0.1) is 0 Å². The second-order valence-electron chi connectivity index (χ2n) is 5.02. The first-order chi connectivity index (χ1) is 8.15. The summed E-state index contributed by atoms with van der Waals surface area (Å²) < 4.78 is 18.6. The molecule has 0 spiro atoms. The standard InChI is InChI=1S/C14H19FO2/c1-11-2-3-13(15)8-12(11)9-14(10-16)4-6-17-7-5-14/h2-3,8,16H,4-7,9-10H2,1H3. The molecule has 2 rings (SSSR count). The van der Waals surface area contributed by atoms with E-state index >= 15 is 0 Å². The lowest BCUT2D eigenvalue weighted by Gasteiger charge is -2.36. The van der Waals surface area contributed by atoms with Crippen molar-refractivity contribution in [1.29, 1.82) is 0 Å². The maximum absolute atomic E-state index is 13.2. The molecule has 1 N–H and O–H groups in total. The number of halogens is 1. The minimum Gasteiger partial charge on any atom is -0.396 e. The molecule has 0 saturated carbocycles. The fourth-order valence-corrected chi connectivity index (χ4v) is 2.43. The zero-order chi connectivity index (χ0) is 12.3. The summed E-state index contributed by atoms with van der Waals surface area (Å²) in [5, 5.41) is 9.61. The average molecular weight is 238 g/mol. The molecular formula is C14H19FO2. The average Bonchev–Trinajstić information content (AvgIpc) is 2.35. The molecule has 1 aromatic carbocycles. The maximum Gasteiger partial charge on any atom is 0.123 e. The Hall–Kier alpha value is -0.930. The lowest BCUT2D eigenvalue weighted by molar-refractivity contribution is -0.0158. The van der Waals surface area contributed by atoms with Gasteiger partial charge in [-0.3, -0.25) is 0 Å². The Morgan fingerprint density at radius 3 is 2.71 bits per heavy atom. The van der Waals surface area contributed by atoms with E-state index in [0.717, 1.165) is 30.4 Å². The van der Waals surface area contributed by atoms with Crippen molar-refractivity contribution in [3.05, 3.63) is 35.1 Å². The van der Waals surface area contributed by atoms with Crippen LogP contribution in [0, 0.1) is 18.2 Å². The molecule has 0 unspecified atom stereocenters. The van der Waals surface area contributed by atoms with Crippen LogP contribution >= 0.6 is 0 Å². The van der Waals surface area contributed by atoms with Gasteiger partial charge in [0, 0.05) is 25.2 Å². The van der Waals surface area contributed by atoms with Crippen LogP contribution in [0.25, 0.3) is 0 Å². The lowest BCUT2D eigenvalue weighted by atomic mass is 9.75. The van der Waals surface area contributed by atoms with Crippen LogP contribution in [0.5, 0.6) is 0 Å². The van der Waals surface area contributed by atoms with Gasteiger partial charge in [0.25, 0.3) is 0 Å². The van der Waals surface area contributed by atoms with Crippen molar-refractivity contribution >= 4 is 0 Å². The first-order valence-electron chi connectivity index (χ1n) is 6.09. The highest BCUT2D eigenvalue weighted by Crippen LogP contribution is 2.34. The second-order valence-corrected chi connectivity index (χ2v) is 5.02. The number of benzene rings is 1. The second kappa shape index (κ2) is 5.15. The molecule has 1 aromatic rings. The lowest BCUT2D eigenvalue weighted by Crippen LogP contribution is -2.35. The Bertz CT molecular complexity index is 384. The van der Waals surface area contributed by atoms with E-state index < -0.39 is 0 Å². The van der Waals surface area contributed by atoms with E-state index in [2.05, 4.69) is 0 Å². The van der Waals surface area contributed by atoms with Gasteiger partial charge in [-0.25, -0.2) is 4.39 Å². The number of hydrogen-bond donors (Lipinski definition) is 1. The zero-order valence-electron chi connectivity index (χ0n) is 10.2. The quantitative estimate of drug-likeness (QED) is 0.876. The van der Waals surface area contributed by atoms with Gasteiger partial charge in [-0.1, -0.05) is 6.07 Å². The van der Waals surface area contributed by atoms with Crippen LogP contribution in [-0.4, -0.2) is 24.9 Å². The van der Waals surface area contributed by atoms with Crippen LogP contribution in [-0.2, 0) is 11.2 Å². The highest BCUT2D eigenvalue weighted by molar-refractivity contribution is 5.27. The third-order valence-electron chi connectivity index (χ3n) is 3.77. The number of ether oxygens (including phenoxy) is 1. The minimum absolute atomic E-state index is 0.128. The van der Waals surface area contributed by atoms with E-state index in [0.29, 0.717) is 13.2 Å². The van der Waals surface area contributed by atoms with Gasteiger partial charge in [0.2, 0.25) is 0 Å². The number of aliphatic hydroxyl groups is 1. The van der Waals surface area contributed by atoms with Crippen molar-refractivity contribution in [2.45, 2.75) is 26.2 Å². The minimum atomic E-state index is -0.203. The highest BCUT2D eigenvalue weighted by Gasteiger charge is 2.32. The summed E-state index contributed by atoms with van der Waals surface area (Å²) in [5.41, 5.74) is 1.96. The third-order valence-corrected chi connectivity index (χ3v) is 3.77. The molecule has 17 heavy (non-hydrogen) atoms. The van der Waals surface area contributed by atoms with Gasteiger partial charge in [-0.05, 0) is 49.4 Å². The van der Waals surface area contributed by atoms with Crippen molar-refractivity contribution in [2.24, 2.45) is 5.41 Å². The topological polar surface area (TPSA) is 29.5 Å². The molecule has 0 aliphatic carbocycles. The van der Waals surface area contributed by atoms with Crippen molar-refractivity contribution in [3.63, 3.8) is 0 Å². The first kappa shape index (κ1) is 12.5. The van der Waals surface area contributed by atoms with Crippen LogP contribution in [0.4, 0.5) is 4.39 Å². The third kappa shape index (κ3) is 2.85. The maximum atomic E-state index is 13.2. The van der Waals surface area contributed by atoms with E-state index in [1.165, 1.54) is 6.07 Å². The Labute approximate surface area is 101 Å². The van der Waals surface area contributed by atoms with Crippen LogP contribution in [0.2, 0.25) is 0 Å². The number of rotatable bonds is 3. The van der Waals surface area contributed by atoms with Gasteiger partial charge in [-0.2, -0.15) is 0 Å². The molecule has 2 nitrogen and oxygen atoms in total. The molecule has 0 aromatic heterocycles. The molecule has 0 bridgehead atoms. The van der Waals surface area contributed by atoms with E-state index in [-0.39, 0.29) is 17.8 Å². The van der Waals surface area contributed by atoms with Crippen molar-refractivity contribution in [3.8, 4) is 0 Å². The van der Waals surface area contributed by atoms with Crippen LogP contribution in [0.3, 0.4) is 0 Å². The van der Waals surface area contributed by atoms with Crippen molar-refractivity contribution < 1.29 is 14.2 Å². The molecule has 0 amide bonds. The normalized spacial score (nSPS) is 19.2. The molecule has 1 aliphatic heterocycles. The van der Waals surface area contributed by atoms with E-state index in [1.54, 1.807) is 12.1 Å². The molecule has 1 saturated heterocycles.